The van der Waals surface area contributed by atoms with Crippen molar-refractivity contribution in [1.82, 2.24) is 14.7 Å². The number of halogens is 2. The van der Waals surface area contributed by atoms with E-state index in [1.165, 1.54) is 25.0 Å². The van der Waals surface area contributed by atoms with Gasteiger partial charge in [0, 0.05) is 63.2 Å². The molecule has 35 heavy (non-hydrogen) atoms. The molecule has 3 aliphatic rings. The summed E-state index contributed by atoms with van der Waals surface area (Å²) >= 11 is 0. The van der Waals surface area contributed by atoms with Gasteiger partial charge in [-0.15, -0.1) is 0 Å². The van der Waals surface area contributed by atoms with Gasteiger partial charge in [-0.05, 0) is 43.2 Å². The van der Waals surface area contributed by atoms with Crippen LogP contribution in [0.1, 0.15) is 77.7 Å². The Kier molecular flexibility index (Phi) is 7.84. The van der Waals surface area contributed by atoms with Crippen molar-refractivity contribution < 1.29 is 18.4 Å². The van der Waals surface area contributed by atoms with Gasteiger partial charge in [-0.2, -0.15) is 0 Å². The van der Waals surface area contributed by atoms with Crippen LogP contribution in [0, 0.1) is 23.0 Å². The van der Waals surface area contributed by atoms with Gasteiger partial charge in [0.15, 0.2) is 0 Å². The van der Waals surface area contributed by atoms with Gasteiger partial charge < -0.3 is 9.80 Å². The molecule has 0 bridgehead atoms. The van der Waals surface area contributed by atoms with E-state index in [0.717, 1.165) is 25.3 Å². The predicted molar refractivity (Wildman–Crippen MR) is 133 cm³/mol. The van der Waals surface area contributed by atoms with Crippen LogP contribution in [0.25, 0.3) is 0 Å². The monoisotopic (exact) mass is 489 g/mol. The van der Waals surface area contributed by atoms with E-state index in [0.29, 0.717) is 50.7 Å². The first-order chi connectivity index (χ1) is 16.5. The first kappa shape index (κ1) is 26.1. The Morgan fingerprint density at radius 3 is 2.37 bits per heavy atom. The number of likely N-dealkylation sites (tertiary alicyclic amines) is 1. The van der Waals surface area contributed by atoms with Crippen molar-refractivity contribution >= 4 is 11.8 Å². The second-order valence-corrected chi connectivity index (χ2v) is 12.1. The minimum absolute atomic E-state index is 0.0357. The van der Waals surface area contributed by atoms with E-state index < -0.39 is 11.6 Å². The third-order valence-corrected chi connectivity index (χ3v) is 8.22. The molecular weight excluding hydrogens is 448 g/mol. The van der Waals surface area contributed by atoms with Gasteiger partial charge in [-0.25, -0.2) is 8.78 Å². The zero-order chi connectivity index (χ0) is 25.3. The highest BCUT2D eigenvalue weighted by Gasteiger charge is 2.45. The maximum Gasteiger partial charge on any atom is 0.228 e. The maximum absolute atomic E-state index is 14.8. The van der Waals surface area contributed by atoms with E-state index in [1.807, 2.05) is 16.7 Å². The largest absolute Gasteiger partial charge is 0.339 e. The molecule has 3 fully saturated rings. The second kappa shape index (κ2) is 10.5. The van der Waals surface area contributed by atoms with Gasteiger partial charge in [0.2, 0.25) is 11.8 Å². The van der Waals surface area contributed by atoms with Gasteiger partial charge in [0.1, 0.15) is 11.6 Å². The molecule has 2 heterocycles. The molecule has 7 heteroatoms. The number of hydrogen-bond donors (Lipinski definition) is 0. The molecule has 2 amide bonds. The number of amides is 2. The summed E-state index contributed by atoms with van der Waals surface area (Å²) in [5, 5.41) is 0. The summed E-state index contributed by atoms with van der Waals surface area (Å²) in [7, 11) is 0. The fourth-order valence-electron chi connectivity index (χ4n) is 6.13. The van der Waals surface area contributed by atoms with Crippen molar-refractivity contribution in [3.63, 3.8) is 0 Å². The van der Waals surface area contributed by atoms with Gasteiger partial charge in [0.25, 0.3) is 0 Å². The zero-order valence-corrected chi connectivity index (χ0v) is 21.7. The standard InChI is InChI=1S/C28H41F2N3O2/c1-19-16-31(26(34)11-12-28(2,3)4)13-14-33(19)27(35)24-18-32(21-7-5-6-8-21)17-23(24)22-10-9-20(29)15-25(22)30/h9-10,15,19,21,23-24H,5-8,11-14,16-18H2,1-4H3/t19-,23-,24+/m0/s1. The summed E-state index contributed by atoms with van der Waals surface area (Å²) in [6, 6.07) is 4.09. The summed E-state index contributed by atoms with van der Waals surface area (Å²) in [6.07, 6.45) is 5.98. The van der Waals surface area contributed by atoms with Crippen LogP contribution < -0.4 is 0 Å². The van der Waals surface area contributed by atoms with Crippen LogP contribution in [-0.4, -0.2) is 71.3 Å². The lowest BCUT2D eigenvalue weighted by Crippen LogP contribution is -2.57. The molecule has 0 N–H and O–H groups in total. The molecule has 0 radical (unpaired) electrons. The number of piperazine rings is 1. The van der Waals surface area contributed by atoms with Crippen molar-refractivity contribution in [2.45, 2.75) is 84.2 Å². The summed E-state index contributed by atoms with van der Waals surface area (Å²) in [5.41, 5.74) is 0.547. The molecule has 0 unspecified atom stereocenters. The number of benzene rings is 1. The number of nitrogens with zero attached hydrogens (tertiary/aromatic N) is 3. The highest BCUT2D eigenvalue weighted by atomic mass is 19.1. The highest BCUT2D eigenvalue weighted by molar-refractivity contribution is 5.82. The molecule has 1 aromatic carbocycles. The molecule has 1 aliphatic carbocycles. The molecule has 0 spiro atoms. The summed E-state index contributed by atoms with van der Waals surface area (Å²) in [6.45, 7) is 11.2. The Morgan fingerprint density at radius 1 is 1.03 bits per heavy atom. The Balaban J connectivity index is 1.47. The van der Waals surface area contributed by atoms with Crippen molar-refractivity contribution in [3.05, 3.63) is 35.4 Å². The molecule has 1 saturated carbocycles. The van der Waals surface area contributed by atoms with Crippen molar-refractivity contribution in [2.24, 2.45) is 11.3 Å². The zero-order valence-electron chi connectivity index (χ0n) is 21.7. The predicted octanol–water partition coefficient (Wildman–Crippen LogP) is 4.81. The number of carbonyl (C=O) groups excluding carboxylic acids is 2. The van der Waals surface area contributed by atoms with Crippen LogP contribution in [0.3, 0.4) is 0 Å². The van der Waals surface area contributed by atoms with Crippen LogP contribution in [0.5, 0.6) is 0 Å². The minimum Gasteiger partial charge on any atom is -0.339 e. The SMILES string of the molecule is C[C@H]1CN(C(=O)CCC(C)(C)C)CCN1C(=O)[C@@H]1CN(C2CCCC2)C[C@H]1c1ccc(F)cc1F. The van der Waals surface area contributed by atoms with E-state index in [1.54, 1.807) is 0 Å². The molecular formula is C28H41F2N3O2. The van der Waals surface area contributed by atoms with Crippen LogP contribution in [0.2, 0.25) is 0 Å². The third kappa shape index (κ3) is 6.04. The van der Waals surface area contributed by atoms with Crippen LogP contribution in [-0.2, 0) is 9.59 Å². The van der Waals surface area contributed by atoms with E-state index in [2.05, 4.69) is 25.7 Å². The van der Waals surface area contributed by atoms with Crippen LogP contribution >= 0.6 is 0 Å². The number of rotatable bonds is 5. The quantitative estimate of drug-likeness (QED) is 0.596. The Bertz CT molecular complexity index is 925. The maximum atomic E-state index is 14.8. The van der Waals surface area contributed by atoms with Crippen LogP contribution in [0.15, 0.2) is 18.2 Å². The van der Waals surface area contributed by atoms with Gasteiger partial charge in [0.05, 0.1) is 5.92 Å². The molecule has 3 atom stereocenters. The van der Waals surface area contributed by atoms with E-state index >= 15 is 0 Å². The third-order valence-electron chi connectivity index (χ3n) is 8.22. The molecule has 194 valence electrons. The first-order valence-corrected chi connectivity index (χ1v) is 13.3. The van der Waals surface area contributed by atoms with E-state index in [9.17, 15) is 18.4 Å². The fraction of sp³-hybridized carbons (Fsp3) is 0.714. The molecule has 2 aliphatic heterocycles. The highest BCUT2D eigenvalue weighted by Crippen LogP contribution is 2.39. The van der Waals surface area contributed by atoms with E-state index in [4.69, 9.17) is 0 Å². The topological polar surface area (TPSA) is 43.9 Å². The van der Waals surface area contributed by atoms with E-state index in [-0.39, 0.29) is 35.1 Å². The van der Waals surface area contributed by atoms with Crippen LogP contribution in [0.4, 0.5) is 8.78 Å². The van der Waals surface area contributed by atoms with Crippen molar-refractivity contribution in [3.8, 4) is 0 Å². The smallest absolute Gasteiger partial charge is 0.228 e. The summed E-state index contributed by atoms with van der Waals surface area (Å²) < 4.78 is 28.4. The number of carbonyl (C=O) groups is 2. The molecule has 0 aromatic heterocycles. The molecule has 1 aromatic rings. The summed E-state index contributed by atoms with van der Waals surface area (Å²) in [5.74, 6) is -1.63. The average molecular weight is 490 g/mol. The normalized spacial score (nSPS) is 26.5. The first-order valence-electron chi connectivity index (χ1n) is 13.3. The van der Waals surface area contributed by atoms with Gasteiger partial charge in [-0.1, -0.05) is 39.7 Å². The molecule has 2 saturated heterocycles. The van der Waals surface area contributed by atoms with Gasteiger partial charge in [-0.3, -0.25) is 14.5 Å². The Morgan fingerprint density at radius 2 is 1.74 bits per heavy atom. The van der Waals surface area contributed by atoms with Gasteiger partial charge >= 0.3 is 0 Å². The van der Waals surface area contributed by atoms with Crippen molar-refractivity contribution in [1.29, 1.82) is 0 Å². The fourth-order valence-corrected chi connectivity index (χ4v) is 6.13. The average Bonchev–Trinajstić information content (AvgIpc) is 3.46. The Labute approximate surface area is 208 Å². The number of hydrogen-bond acceptors (Lipinski definition) is 3. The lowest BCUT2D eigenvalue weighted by Gasteiger charge is -2.41. The second-order valence-electron chi connectivity index (χ2n) is 12.1. The lowest BCUT2D eigenvalue weighted by atomic mass is 9.87. The molecule has 5 nitrogen and oxygen atoms in total. The van der Waals surface area contributed by atoms with Crippen molar-refractivity contribution in [2.75, 3.05) is 32.7 Å². The minimum atomic E-state index is -0.597. The molecule has 4 rings (SSSR count). The Hall–Kier alpha value is -2.02. The summed E-state index contributed by atoms with van der Waals surface area (Å²) in [4.78, 5) is 32.8. The lowest BCUT2D eigenvalue weighted by molar-refractivity contribution is -0.145.